The smallest absolute Gasteiger partial charge is 0.263 e. The van der Waals surface area contributed by atoms with Gasteiger partial charge in [-0.3, -0.25) is 4.79 Å². The van der Waals surface area contributed by atoms with Crippen LogP contribution in [0.5, 0.6) is 5.75 Å². The molecule has 0 bridgehead atoms. The van der Waals surface area contributed by atoms with Gasteiger partial charge in [-0.1, -0.05) is 29.8 Å². The van der Waals surface area contributed by atoms with Gasteiger partial charge in [0.05, 0.1) is 11.7 Å². The van der Waals surface area contributed by atoms with Crippen LogP contribution in [0.25, 0.3) is 16.7 Å². The van der Waals surface area contributed by atoms with E-state index in [0.29, 0.717) is 16.6 Å². The van der Waals surface area contributed by atoms with E-state index in [9.17, 15) is 10.1 Å². The first-order chi connectivity index (χ1) is 15.0. The number of benzene rings is 2. The topological polar surface area (TPSA) is 92.8 Å². The molecule has 0 unspecified atom stereocenters. The van der Waals surface area contributed by atoms with Gasteiger partial charge in [-0.2, -0.15) is 15.0 Å². The van der Waals surface area contributed by atoms with E-state index in [1.165, 1.54) is 10.9 Å². The summed E-state index contributed by atoms with van der Waals surface area (Å²) in [4.78, 5) is 17.1. The van der Waals surface area contributed by atoms with E-state index in [-0.39, 0.29) is 18.0 Å². The molecule has 0 aliphatic carbocycles. The summed E-state index contributed by atoms with van der Waals surface area (Å²) in [6.45, 7) is 3.51. The number of halogens is 1. The molecular weight excluding hydrogens is 414 g/mol. The molecule has 7 nitrogen and oxygen atoms in total. The van der Waals surface area contributed by atoms with Gasteiger partial charge in [0.15, 0.2) is 18.2 Å². The second-order valence-corrected chi connectivity index (χ2v) is 7.38. The van der Waals surface area contributed by atoms with Crippen molar-refractivity contribution in [3.8, 4) is 17.6 Å². The maximum atomic E-state index is 12.6. The van der Waals surface area contributed by atoms with Crippen molar-refractivity contribution in [2.24, 2.45) is 0 Å². The molecule has 0 saturated carbocycles. The van der Waals surface area contributed by atoms with Gasteiger partial charge in [0, 0.05) is 10.4 Å². The van der Waals surface area contributed by atoms with Gasteiger partial charge in [0.2, 0.25) is 0 Å². The average Bonchev–Trinajstić information content (AvgIpc) is 3.18. The summed E-state index contributed by atoms with van der Waals surface area (Å²) in [6, 6.07) is 16.9. The van der Waals surface area contributed by atoms with Crippen LogP contribution in [0.3, 0.4) is 0 Å². The number of amides is 1. The van der Waals surface area contributed by atoms with Gasteiger partial charge < -0.3 is 10.1 Å². The molecule has 0 radical (unpaired) electrons. The molecule has 2 aromatic heterocycles. The molecule has 154 valence electrons. The number of nitrogens with one attached hydrogen (secondary N) is 1. The number of hydrogen-bond acceptors (Lipinski definition) is 5. The predicted molar refractivity (Wildman–Crippen MR) is 119 cm³/mol. The lowest BCUT2D eigenvalue weighted by molar-refractivity contribution is -0.118. The Morgan fingerprint density at radius 3 is 2.68 bits per heavy atom. The molecule has 0 aliphatic heterocycles. The number of carbonyl (C=O) groups excluding carboxylic acids is 1. The summed E-state index contributed by atoms with van der Waals surface area (Å²) < 4.78 is 7.04. The van der Waals surface area contributed by atoms with Gasteiger partial charge in [0.1, 0.15) is 17.4 Å². The third kappa shape index (κ3) is 4.20. The van der Waals surface area contributed by atoms with Crippen molar-refractivity contribution in [3.63, 3.8) is 0 Å². The molecule has 1 amide bonds. The number of aryl methyl sites for hydroxylation is 2. The maximum Gasteiger partial charge on any atom is 0.263 e. The fourth-order valence-corrected chi connectivity index (χ4v) is 3.31. The van der Waals surface area contributed by atoms with Crippen molar-refractivity contribution < 1.29 is 9.53 Å². The first-order valence-electron chi connectivity index (χ1n) is 9.50. The Labute approximate surface area is 183 Å². The molecule has 0 atom stereocenters. The Hall–Kier alpha value is -3.89. The fourth-order valence-electron chi connectivity index (χ4n) is 3.20. The predicted octanol–water partition coefficient (Wildman–Crippen LogP) is 4.58. The third-order valence-corrected chi connectivity index (χ3v) is 5.32. The number of aromatic nitrogens is 3. The highest BCUT2D eigenvalue weighted by Crippen LogP contribution is 2.26. The van der Waals surface area contributed by atoms with Crippen molar-refractivity contribution in [2.45, 2.75) is 13.8 Å². The third-order valence-electron chi connectivity index (χ3n) is 4.73. The molecule has 4 aromatic rings. The van der Waals surface area contributed by atoms with E-state index in [2.05, 4.69) is 15.4 Å². The Bertz CT molecular complexity index is 1320. The lowest BCUT2D eigenvalue weighted by atomic mass is 10.1. The molecule has 0 spiro atoms. The minimum absolute atomic E-state index is 0.224. The molecule has 0 fully saturated rings. The Morgan fingerprint density at radius 2 is 1.94 bits per heavy atom. The summed E-state index contributed by atoms with van der Waals surface area (Å²) in [6.07, 6.45) is 1.39. The van der Waals surface area contributed by atoms with Crippen molar-refractivity contribution in [2.75, 3.05) is 11.9 Å². The number of pyridine rings is 1. The minimum Gasteiger partial charge on any atom is -0.484 e. The number of fused-ring (bicyclic) bond motifs is 1. The first kappa shape index (κ1) is 20.4. The number of nitriles is 1. The molecule has 0 aliphatic rings. The second kappa shape index (κ2) is 8.46. The molecule has 2 heterocycles. The monoisotopic (exact) mass is 431 g/mol. The number of rotatable bonds is 5. The van der Waals surface area contributed by atoms with Crippen LogP contribution in [0.1, 0.15) is 16.7 Å². The zero-order valence-electron chi connectivity index (χ0n) is 16.9. The largest absolute Gasteiger partial charge is 0.484 e. The van der Waals surface area contributed by atoms with E-state index in [4.69, 9.17) is 16.3 Å². The van der Waals surface area contributed by atoms with Gasteiger partial charge in [-0.15, -0.1) is 0 Å². The number of ether oxygens (including phenoxy) is 1. The summed E-state index contributed by atoms with van der Waals surface area (Å²) in [7, 11) is 0. The highest BCUT2D eigenvalue weighted by atomic mass is 35.5. The minimum atomic E-state index is -0.427. The van der Waals surface area contributed by atoms with Crippen molar-refractivity contribution in [1.29, 1.82) is 5.26 Å². The normalized spacial score (nSPS) is 10.6. The summed E-state index contributed by atoms with van der Waals surface area (Å²) in [5.41, 5.74) is 2.73. The molecule has 8 heteroatoms. The van der Waals surface area contributed by atoms with E-state index in [1.54, 1.807) is 18.2 Å². The lowest BCUT2D eigenvalue weighted by Crippen LogP contribution is -2.22. The quantitative estimate of drug-likeness (QED) is 0.499. The van der Waals surface area contributed by atoms with Crippen LogP contribution in [0.2, 0.25) is 5.02 Å². The molecule has 1 N–H and O–H groups in total. The molecule has 31 heavy (non-hydrogen) atoms. The summed E-state index contributed by atoms with van der Waals surface area (Å²) in [5, 5.41) is 18.0. The first-order valence-corrected chi connectivity index (χ1v) is 9.88. The standard InChI is InChI=1S/C23H18ClN5O2/c1-14-9-18(10-15(2)22(14)24)31-13-21(30)28-23-17(11-25)12-26-29(23)20-8-7-16-5-3-4-6-19(16)27-20/h3-10,12H,13H2,1-2H3,(H,28,30). The van der Waals surface area contributed by atoms with Crippen LogP contribution in [0, 0.1) is 25.2 Å². The molecule has 4 rings (SSSR count). The van der Waals surface area contributed by atoms with Crippen LogP contribution >= 0.6 is 11.6 Å². The highest BCUT2D eigenvalue weighted by Gasteiger charge is 2.17. The van der Waals surface area contributed by atoms with Gasteiger partial charge in [-0.25, -0.2) is 4.98 Å². The number of para-hydroxylation sites is 1. The van der Waals surface area contributed by atoms with Crippen LogP contribution in [-0.4, -0.2) is 27.3 Å². The summed E-state index contributed by atoms with van der Waals surface area (Å²) in [5.74, 6) is 0.840. The van der Waals surface area contributed by atoms with E-state index < -0.39 is 5.91 Å². The van der Waals surface area contributed by atoms with Crippen LogP contribution < -0.4 is 10.1 Å². The van der Waals surface area contributed by atoms with E-state index in [0.717, 1.165) is 22.0 Å². The van der Waals surface area contributed by atoms with Crippen molar-refractivity contribution in [1.82, 2.24) is 14.8 Å². The number of anilines is 1. The van der Waals surface area contributed by atoms with Gasteiger partial charge >= 0.3 is 0 Å². The zero-order chi connectivity index (χ0) is 22.0. The molecule has 2 aromatic carbocycles. The summed E-state index contributed by atoms with van der Waals surface area (Å²) >= 11 is 6.17. The van der Waals surface area contributed by atoms with Crippen LogP contribution in [0.4, 0.5) is 5.82 Å². The molecular formula is C23H18ClN5O2. The Kier molecular flexibility index (Phi) is 5.56. The zero-order valence-corrected chi connectivity index (χ0v) is 17.6. The molecule has 0 saturated heterocycles. The van der Waals surface area contributed by atoms with Crippen LogP contribution in [0.15, 0.2) is 54.7 Å². The maximum absolute atomic E-state index is 12.6. The fraction of sp³-hybridized carbons (Fsp3) is 0.130. The lowest BCUT2D eigenvalue weighted by Gasteiger charge is -2.12. The SMILES string of the molecule is Cc1cc(OCC(=O)Nc2c(C#N)cnn2-c2ccc3ccccc3n2)cc(C)c1Cl. The van der Waals surface area contributed by atoms with Crippen molar-refractivity contribution in [3.05, 3.63) is 76.4 Å². The highest BCUT2D eigenvalue weighted by molar-refractivity contribution is 6.32. The van der Waals surface area contributed by atoms with Gasteiger partial charge in [-0.05, 0) is 55.3 Å². The number of nitrogens with zero attached hydrogens (tertiary/aromatic N) is 4. The van der Waals surface area contributed by atoms with E-state index in [1.807, 2.05) is 50.2 Å². The number of hydrogen-bond donors (Lipinski definition) is 1. The Morgan fingerprint density at radius 1 is 1.19 bits per heavy atom. The van der Waals surface area contributed by atoms with E-state index >= 15 is 0 Å². The van der Waals surface area contributed by atoms with Crippen LogP contribution in [-0.2, 0) is 4.79 Å². The second-order valence-electron chi connectivity index (χ2n) is 7.00. The van der Waals surface area contributed by atoms with Crippen molar-refractivity contribution >= 4 is 34.2 Å². The Balaban J connectivity index is 1.56. The average molecular weight is 432 g/mol. The number of carbonyl (C=O) groups is 1. The van der Waals surface area contributed by atoms with Gasteiger partial charge in [0.25, 0.3) is 5.91 Å².